The Morgan fingerprint density at radius 3 is 2.74 bits per heavy atom. The molecule has 0 saturated heterocycles. The summed E-state index contributed by atoms with van der Waals surface area (Å²) in [6, 6.07) is 13.3. The van der Waals surface area contributed by atoms with Gasteiger partial charge in [0, 0.05) is 13.6 Å². The molecule has 5 nitrogen and oxygen atoms in total. The second-order valence-electron chi connectivity index (χ2n) is 5.69. The van der Waals surface area contributed by atoms with Crippen molar-refractivity contribution in [2.45, 2.75) is 19.2 Å². The number of aromatic nitrogens is 2. The van der Waals surface area contributed by atoms with Crippen LogP contribution in [0.3, 0.4) is 0 Å². The van der Waals surface area contributed by atoms with E-state index < -0.39 is 10.0 Å². The zero-order chi connectivity index (χ0) is 16.4. The second kappa shape index (κ2) is 6.14. The quantitative estimate of drug-likeness (QED) is 0.782. The first-order chi connectivity index (χ1) is 10.9. The van der Waals surface area contributed by atoms with Crippen LogP contribution in [-0.4, -0.2) is 18.0 Å². The average molecular weight is 329 g/mol. The minimum atomic E-state index is -3.38. The predicted molar refractivity (Wildman–Crippen MR) is 91.4 cm³/mol. The number of nitrogens with one attached hydrogen (secondary N) is 1. The highest BCUT2D eigenvalue weighted by Crippen LogP contribution is 2.15. The molecule has 23 heavy (non-hydrogen) atoms. The SMILES string of the molecule is Cc1ccccc1CS(=O)(=O)NCc1ccc2c(c1)ncn2C. The third-order valence-corrected chi connectivity index (χ3v) is 5.17. The monoisotopic (exact) mass is 329 g/mol. The molecule has 3 rings (SSSR count). The molecule has 0 fully saturated rings. The van der Waals surface area contributed by atoms with E-state index in [2.05, 4.69) is 9.71 Å². The predicted octanol–water partition coefficient (Wildman–Crippen LogP) is 2.50. The molecule has 1 heterocycles. The van der Waals surface area contributed by atoms with Crippen LogP contribution in [-0.2, 0) is 29.4 Å². The van der Waals surface area contributed by atoms with Crippen molar-refractivity contribution in [3.8, 4) is 0 Å². The van der Waals surface area contributed by atoms with Crippen LogP contribution in [0.15, 0.2) is 48.8 Å². The van der Waals surface area contributed by atoms with E-state index in [9.17, 15) is 8.42 Å². The maximum atomic E-state index is 12.3. The topological polar surface area (TPSA) is 64.0 Å². The van der Waals surface area contributed by atoms with E-state index in [0.29, 0.717) is 0 Å². The van der Waals surface area contributed by atoms with Crippen LogP contribution >= 0.6 is 0 Å². The van der Waals surface area contributed by atoms with Crippen molar-refractivity contribution in [3.63, 3.8) is 0 Å². The number of nitrogens with zero attached hydrogens (tertiary/aromatic N) is 2. The first-order valence-electron chi connectivity index (χ1n) is 7.36. The van der Waals surface area contributed by atoms with Crippen molar-refractivity contribution in [1.82, 2.24) is 14.3 Å². The van der Waals surface area contributed by atoms with Crippen LogP contribution < -0.4 is 4.72 Å². The maximum absolute atomic E-state index is 12.3. The van der Waals surface area contributed by atoms with E-state index in [0.717, 1.165) is 27.7 Å². The van der Waals surface area contributed by atoms with Gasteiger partial charge in [0.05, 0.1) is 23.1 Å². The van der Waals surface area contributed by atoms with Gasteiger partial charge in [-0.25, -0.2) is 18.1 Å². The van der Waals surface area contributed by atoms with Crippen LogP contribution in [0.4, 0.5) is 0 Å². The summed E-state index contributed by atoms with van der Waals surface area (Å²) >= 11 is 0. The van der Waals surface area contributed by atoms with Gasteiger partial charge in [0.25, 0.3) is 0 Å². The fraction of sp³-hybridized carbons (Fsp3) is 0.235. The summed E-state index contributed by atoms with van der Waals surface area (Å²) in [5.74, 6) is -0.00843. The molecule has 0 aliphatic carbocycles. The van der Waals surface area contributed by atoms with Gasteiger partial charge in [-0.05, 0) is 35.7 Å². The molecule has 1 N–H and O–H groups in total. The Bertz CT molecular complexity index is 945. The van der Waals surface area contributed by atoms with Gasteiger partial charge in [-0.2, -0.15) is 0 Å². The van der Waals surface area contributed by atoms with Crippen molar-refractivity contribution in [3.05, 3.63) is 65.5 Å². The molecule has 0 radical (unpaired) electrons. The Morgan fingerprint density at radius 1 is 1.17 bits per heavy atom. The molecular formula is C17H19N3O2S. The van der Waals surface area contributed by atoms with Crippen molar-refractivity contribution in [2.75, 3.05) is 0 Å². The summed E-state index contributed by atoms with van der Waals surface area (Å²) in [7, 11) is -1.45. The number of fused-ring (bicyclic) bond motifs is 1. The van der Waals surface area contributed by atoms with Crippen LogP contribution in [0.5, 0.6) is 0 Å². The summed E-state index contributed by atoms with van der Waals surface area (Å²) in [4.78, 5) is 4.29. The molecule has 0 atom stereocenters. The minimum Gasteiger partial charge on any atom is -0.334 e. The number of sulfonamides is 1. The fourth-order valence-corrected chi connectivity index (χ4v) is 3.73. The summed E-state index contributed by atoms with van der Waals surface area (Å²) < 4.78 is 29.1. The van der Waals surface area contributed by atoms with Gasteiger partial charge in [-0.1, -0.05) is 30.3 Å². The fourth-order valence-electron chi connectivity index (χ4n) is 2.51. The average Bonchev–Trinajstić information content (AvgIpc) is 2.89. The van der Waals surface area contributed by atoms with Crippen molar-refractivity contribution in [1.29, 1.82) is 0 Å². The van der Waals surface area contributed by atoms with E-state index in [1.165, 1.54) is 0 Å². The highest BCUT2D eigenvalue weighted by Gasteiger charge is 2.13. The molecule has 6 heteroatoms. The first-order valence-corrected chi connectivity index (χ1v) is 9.02. The lowest BCUT2D eigenvalue weighted by Gasteiger charge is -2.09. The summed E-state index contributed by atoms with van der Waals surface area (Å²) in [6.45, 7) is 2.18. The zero-order valence-corrected chi connectivity index (χ0v) is 14.0. The lowest BCUT2D eigenvalue weighted by molar-refractivity contribution is 0.580. The number of hydrogen-bond donors (Lipinski definition) is 1. The van der Waals surface area contributed by atoms with Crippen molar-refractivity contribution >= 4 is 21.1 Å². The number of rotatable bonds is 5. The Hall–Kier alpha value is -2.18. The molecule has 0 aliphatic heterocycles. The summed E-state index contributed by atoms with van der Waals surface area (Å²) in [5.41, 5.74) is 4.58. The van der Waals surface area contributed by atoms with Gasteiger partial charge < -0.3 is 4.57 Å². The molecule has 3 aromatic rings. The maximum Gasteiger partial charge on any atom is 0.216 e. The standard InChI is InChI=1S/C17H19N3O2S/c1-13-5-3-4-6-15(13)11-23(21,22)19-10-14-7-8-17-16(9-14)18-12-20(17)2/h3-9,12,19H,10-11H2,1-2H3. The molecule has 120 valence electrons. The Balaban J connectivity index is 1.71. The number of imidazole rings is 1. The molecule has 0 bridgehead atoms. The Morgan fingerprint density at radius 2 is 1.96 bits per heavy atom. The van der Waals surface area contributed by atoms with Crippen LogP contribution in [0, 0.1) is 6.92 Å². The van der Waals surface area contributed by atoms with Gasteiger partial charge in [0.2, 0.25) is 10.0 Å². The number of benzene rings is 2. The lowest BCUT2D eigenvalue weighted by atomic mass is 10.1. The third kappa shape index (κ3) is 3.60. The summed E-state index contributed by atoms with van der Waals surface area (Å²) in [5, 5.41) is 0. The zero-order valence-electron chi connectivity index (χ0n) is 13.2. The molecule has 0 aliphatic rings. The third-order valence-electron chi connectivity index (χ3n) is 3.89. The largest absolute Gasteiger partial charge is 0.334 e. The Kier molecular flexibility index (Phi) is 4.19. The van der Waals surface area contributed by atoms with Crippen LogP contribution in [0.2, 0.25) is 0 Å². The van der Waals surface area contributed by atoms with Gasteiger partial charge >= 0.3 is 0 Å². The van der Waals surface area contributed by atoms with E-state index in [4.69, 9.17) is 0 Å². The molecule has 1 aromatic heterocycles. The molecular weight excluding hydrogens is 310 g/mol. The smallest absolute Gasteiger partial charge is 0.216 e. The van der Waals surface area contributed by atoms with Gasteiger partial charge in [-0.15, -0.1) is 0 Å². The van der Waals surface area contributed by atoms with Gasteiger partial charge in [0.15, 0.2) is 0 Å². The number of hydrogen-bond acceptors (Lipinski definition) is 3. The van der Waals surface area contributed by atoms with Crippen molar-refractivity contribution < 1.29 is 8.42 Å². The highest BCUT2D eigenvalue weighted by molar-refractivity contribution is 7.88. The molecule has 0 unspecified atom stereocenters. The minimum absolute atomic E-state index is 0.00843. The van der Waals surface area contributed by atoms with E-state index in [-0.39, 0.29) is 12.3 Å². The normalized spacial score (nSPS) is 11.9. The van der Waals surface area contributed by atoms with E-state index >= 15 is 0 Å². The summed E-state index contributed by atoms with van der Waals surface area (Å²) in [6.07, 6.45) is 1.75. The molecule has 0 spiro atoms. The van der Waals surface area contributed by atoms with E-state index in [1.807, 2.05) is 61.0 Å². The molecule has 0 saturated carbocycles. The first kappa shape index (κ1) is 15.7. The lowest BCUT2D eigenvalue weighted by Crippen LogP contribution is -2.25. The van der Waals surface area contributed by atoms with Gasteiger partial charge in [-0.3, -0.25) is 0 Å². The highest BCUT2D eigenvalue weighted by atomic mass is 32.2. The second-order valence-corrected chi connectivity index (χ2v) is 7.49. The molecule has 0 amide bonds. The van der Waals surface area contributed by atoms with Crippen molar-refractivity contribution in [2.24, 2.45) is 7.05 Å². The van der Waals surface area contributed by atoms with Gasteiger partial charge in [0.1, 0.15) is 0 Å². The van der Waals surface area contributed by atoms with E-state index in [1.54, 1.807) is 6.33 Å². The van der Waals surface area contributed by atoms with Crippen LogP contribution in [0.1, 0.15) is 16.7 Å². The van der Waals surface area contributed by atoms with Crippen LogP contribution in [0.25, 0.3) is 11.0 Å². The number of aryl methyl sites for hydroxylation is 2. The molecule has 2 aromatic carbocycles. The Labute approximate surface area is 136 Å².